The molecule has 0 unspecified atom stereocenters. The first-order valence-corrected chi connectivity index (χ1v) is 9.63. The fraction of sp³-hybridized carbons (Fsp3) is 0.409. The molecule has 0 aromatic heterocycles. The maximum Gasteiger partial charge on any atom is 0.254 e. The van der Waals surface area contributed by atoms with Gasteiger partial charge in [-0.1, -0.05) is 24.3 Å². The molecule has 5 heteroatoms. The van der Waals surface area contributed by atoms with Crippen molar-refractivity contribution in [2.75, 3.05) is 39.3 Å². The Balaban J connectivity index is 1.56. The average Bonchev–Trinajstić information content (AvgIpc) is 2.68. The first kappa shape index (κ1) is 19.5. The van der Waals surface area contributed by atoms with E-state index in [0.717, 1.165) is 50.3 Å². The van der Waals surface area contributed by atoms with Gasteiger partial charge in [-0.15, -0.1) is 0 Å². The topological polar surface area (TPSA) is 44.4 Å². The molecule has 1 aliphatic rings. The number of benzene rings is 2. The second-order valence-corrected chi connectivity index (χ2v) is 7.19. The standard InChI is InChI=1S/C22H28FN3O/c1-16-4-5-18(14-17(16)2)19-6-7-20(21(23)15-19)22(27)25-8-3-11-26-12-9-24-10-13-26/h4-7,14-15,24H,3,8-13H2,1-2H3,(H,25,27). The molecule has 4 nitrogen and oxygen atoms in total. The van der Waals surface area contributed by atoms with E-state index < -0.39 is 5.82 Å². The van der Waals surface area contributed by atoms with E-state index in [0.29, 0.717) is 6.54 Å². The number of rotatable bonds is 6. The Kier molecular flexibility index (Phi) is 6.58. The van der Waals surface area contributed by atoms with Gasteiger partial charge in [0.05, 0.1) is 5.56 Å². The van der Waals surface area contributed by atoms with Gasteiger partial charge < -0.3 is 15.5 Å². The van der Waals surface area contributed by atoms with E-state index in [1.165, 1.54) is 17.2 Å². The lowest BCUT2D eigenvalue weighted by Crippen LogP contribution is -2.44. The van der Waals surface area contributed by atoms with E-state index in [9.17, 15) is 9.18 Å². The van der Waals surface area contributed by atoms with Crippen LogP contribution in [0.3, 0.4) is 0 Å². The Hall–Kier alpha value is -2.24. The van der Waals surface area contributed by atoms with Crippen molar-refractivity contribution in [1.29, 1.82) is 0 Å². The highest BCUT2D eigenvalue weighted by Crippen LogP contribution is 2.24. The van der Waals surface area contributed by atoms with Gasteiger partial charge in [0.25, 0.3) is 5.91 Å². The highest BCUT2D eigenvalue weighted by Gasteiger charge is 2.13. The summed E-state index contributed by atoms with van der Waals surface area (Å²) in [5.41, 5.74) is 4.21. The van der Waals surface area contributed by atoms with Gasteiger partial charge in [-0.3, -0.25) is 4.79 Å². The lowest BCUT2D eigenvalue weighted by molar-refractivity contribution is 0.0947. The fourth-order valence-corrected chi connectivity index (χ4v) is 3.33. The van der Waals surface area contributed by atoms with Crippen LogP contribution < -0.4 is 10.6 Å². The minimum atomic E-state index is -0.481. The number of carbonyl (C=O) groups excluding carboxylic acids is 1. The van der Waals surface area contributed by atoms with Crippen LogP contribution in [-0.2, 0) is 0 Å². The molecule has 2 aromatic rings. The van der Waals surface area contributed by atoms with E-state index in [2.05, 4.69) is 22.5 Å². The van der Waals surface area contributed by atoms with Crippen LogP contribution in [0.5, 0.6) is 0 Å². The summed E-state index contributed by atoms with van der Waals surface area (Å²) < 4.78 is 14.5. The number of hydrogen-bond acceptors (Lipinski definition) is 3. The molecular formula is C22H28FN3O. The number of hydrogen-bond donors (Lipinski definition) is 2. The molecule has 3 rings (SSSR count). The Morgan fingerprint density at radius 1 is 1.07 bits per heavy atom. The van der Waals surface area contributed by atoms with E-state index in [1.54, 1.807) is 6.07 Å². The van der Waals surface area contributed by atoms with Crippen LogP contribution in [0.15, 0.2) is 36.4 Å². The molecule has 2 aromatic carbocycles. The van der Waals surface area contributed by atoms with Crippen LogP contribution in [0.1, 0.15) is 27.9 Å². The minimum Gasteiger partial charge on any atom is -0.352 e. The summed E-state index contributed by atoms with van der Waals surface area (Å²) in [5.74, 6) is -0.829. The summed E-state index contributed by atoms with van der Waals surface area (Å²) in [5, 5.41) is 6.15. The van der Waals surface area contributed by atoms with Gasteiger partial charge in [-0.25, -0.2) is 4.39 Å². The summed E-state index contributed by atoms with van der Waals surface area (Å²) in [6, 6.07) is 10.9. The molecule has 0 radical (unpaired) electrons. The first-order valence-electron chi connectivity index (χ1n) is 9.63. The van der Waals surface area contributed by atoms with Crippen molar-refractivity contribution in [3.05, 3.63) is 58.9 Å². The van der Waals surface area contributed by atoms with Crippen molar-refractivity contribution in [3.63, 3.8) is 0 Å². The average molecular weight is 369 g/mol. The van der Waals surface area contributed by atoms with Crippen LogP contribution in [0.4, 0.5) is 4.39 Å². The number of nitrogens with zero attached hydrogens (tertiary/aromatic N) is 1. The van der Waals surface area contributed by atoms with Crippen LogP contribution in [0.25, 0.3) is 11.1 Å². The van der Waals surface area contributed by atoms with Crippen LogP contribution in [-0.4, -0.2) is 50.1 Å². The first-order chi connectivity index (χ1) is 13.0. The van der Waals surface area contributed by atoms with Crippen molar-refractivity contribution in [3.8, 4) is 11.1 Å². The molecule has 0 saturated carbocycles. The fourth-order valence-electron chi connectivity index (χ4n) is 3.33. The van der Waals surface area contributed by atoms with Crippen molar-refractivity contribution in [2.24, 2.45) is 0 Å². The molecule has 1 heterocycles. The molecule has 27 heavy (non-hydrogen) atoms. The van der Waals surface area contributed by atoms with E-state index in [4.69, 9.17) is 0 Å². The Labute approximate surface area is 160 Å². The quantitative estimate of drug-likeness (QED) is 0.769. The normalized spacial score (nSPS) is 14.9. The van der Waals surface area contributed by atoms with Gasteiger partial charge in [0, 0.05) is 32.7 Å². The predicted octanol–water partition coefficient (Wildman–Crippen LogP) is 3.13. The number of halogens is 1. The molecular weight excluding hydrogens is 341 g/mol. The predicted molar refractivity (Wildman–Crippen MR) is 108 cm³/mol. The van der Waals surface area contributed by atoms with Gasteiger partial charge in [0.15, 0.2) is 0 Å². The van der Waals surface area contributed by atoms with Crippen molar-refractivity contribution in [1.82, 2.24) is 15.5 Å². The molecule has 1 amide bonds. The molecule has 0 aliphatic carbocycles. The number of aryl methyl sites for hydroxylation is 2. The van der Waals surface area contributed by atoms with Crippen molar-refractivity contribution in [2.45, 2.75) is 20.3 Å². The van der Waals surface area contributed by atoms with Gasteiger partial charge in [-0.05, 0) is 61.2 Å². The second kappa shape index (κ2) is 9.11. The van der Waals surface area contributed by atoms with Gasteiger partial charge >= 0.3 is 0 Å². The third-order valence-electron chi connectivity index (χ3n) is 5.20. The summed E-state index contributed by atoms with van der Waals surface area (Å²) in [6.45, 7) is 9.73. The Morgan fingerprint density at radius 3 is 2.48 bits per heavy atom. The molecule has 0 spiro atoms. The maximum atomic E-state index is 14.5. The molecule has 144 valence electrons. The monoisotopic (exact) mass is 369 g/mol. The maximum absolute atomic E-state index is 14.5. The highest BCUT2D eigenvalue weighted by molar-refractivity contribution is 5.95. The molecule has 1 aliphatic heterocycles. The number of carbonyl (C=O) groups is 1. The Morgan fingerprint density at radius 2 is 1.78 bits per heavy atom. The summed E-state index contributed by atoms with van der Waals surface area (Å²) >= 11 is 0. The van der Waals surface area contributed by atoms with E-state index >= 15 is 0 Å². The van der Waals surface area contributed by atoms with E-state index in [-0.39, 0.29) is 11.5 Å². The summed E-state index contributed by atoms with van der Waals surface area (Å²) in [6.07, 6.45) is 0.869. The van der Waals surface area contributed by atoms with Crippen molar-refractivity contribution >= 4 is 5.91 Å². The summed E-state index contributed by atoms with van der Waals surface area (Å²) in [4.78, 5) is 14.7. The van der Waals surface area contributed by atoms with E-state index in [1.807, 2.05) is 31.2 Å². The smallest absolute Gasteiger partial charge is 0.254 e. The molecule has 0 atom stereocenters. The van der Waals surface area contributed by atoms with Gasteiger partial charge in [-0.2, -0.15) is 0 Å². The van der Waals surface area contributed by atoms with Gasteiger partial charge in [0.1, 0.15) is 5.82 Å². The zero-order chi connectivity index (χ0) is 19.2. The number of piperazine rings is 1. The third-order valence-corrected chi connectivity index (χ3v) is 5.20. The SMILES string of the molecule is Cc1ccc(-c2ccc(C(=O)NCCCN3CCNCC3)c(F)c2)cc1C. The third kappa shape index (κ3) is 5.15. The van der Waals surface area contributed by atoms with Crippen molar-refractivity contribution < 1.29 is 9.18 Å². The van der Waals surface area contributed by atoms with Crippen LogP contribution in [0.2, 0.25) is 0 Å². The largest absolute Gasteiger partial charge is 0.352 e. The number of nitrogens with one attached hydrogen (secondary N) is 2. The lowest BCUT2D eigenvalue weighted by atomic mass is 9.99. The molecule has 1 fully saturated rings. The zero-order valence-electron chi connectivity index (χ0n) is 16.1. The van der Waals surface area contributed by atoms with Crippen LogP contribution in [0, 0.1) is 19.7 Å². The second-order valence-electron chi connectivity index (χ2n) is 7.19. The molecule has 1 saturated heterocycles. The number of amides is 1. The van der Waals surface area contributed by atoms with Gasteiger partial charge in [0.2, 0.25) is 0 Å². The minimum absolute atomic E-state index is 0.102. The lowest BCUT2D eigenvalue weighted by Gasteiger charge is -2.27. The van der Waals surface area contributed by atoms with Crippen LogP contribution >= 0.6 is 0 Å². The highest BCUT2D eigenvalue weighted by atomic mass is 19.1. The molecule has 2 N–H and O–H groups in total. The summed E-state index contributed by atoms with van der Waals surface area (Å²) in [7, 11) is 0. The Bertz CT molecular complexity index is 800. The molecule has 0 bridgehead atoms. The zero-order valence-corrected chi connectivity index (χ0v) is 16.1.